The van der Waals surface area contributed by atoms with Crippen LogP contribution < -0.4 is 9.47 Å². The van der Waals surface area contributed by atoms with Crippen LogP contribution in [0.1, 0.15) is 98.4 Å². The van der Waals surface area contributed by atoms with Crippen LogP contribution in [0.4, 0.5) is 0 Å². The molecule has 1 aliphatic heterocycles. The number of fused-ring (bicyclic) bond motifs is 1. The molecule has 3 heteroatoms. The lowest BCUT2D eigenvalue weighted by Gasteiger charge is -2.36. The first kappa shape index (κ1) is 20.8. The van der Waals surface area contributed by atoms with Gasteiger partial charge in [0.25, 0.3) is 0 Å². The minimum Gasteiger partial charge on any atom is -0.486 e. The smallest absolute Gasteiger partial charge is 0.308 e. The second-order valence-electron chi connectivity index (χ2n) is 10.7. The Labute approximate surface area is 159 Å². The molecule has 0 spiro atoms. The van der Waals surface area contributed by atoms with E-state index in [1.165, 1.54) is 12.5 Å². The zero-order valence-corrected chi connectivity index (χ0v) is 18.7. The fourth-order valence-electron chi connectivity index (χ4n) is 4.10. The van der Waals surface area contributed by atoms with E-state index in [1.54, 1.807) is 0 Å². The van der Waals surface area contributed by atoms with Gasteiger partial charge in [0.1, 0.15) is 17.1 Å². The molecule has 1 aromatic carbocycles. The van der Waals surface area contributed by atoms with E-state index in [0.29, 0.717) is 5.75 Å². The van der Waals surface area contributed by atoms with Gasteiger partial charge >= 0.3 is 5.97 Å². The molecule has 1 heterocycles. The van der Waals surface area contributed by atoms with Crippen molar-refractivity contribution in [2.24, 2.45) is 0 Å². The zero-order valence-electron chi connectivity index (χ0n) is 18.7. The molecule has 26 heavy (non-hydrogen) atoms. The van der Waals surface area contributed by atoms with Gasteiger partial charge in [-0.25, -0.2) is 0 Å². The highest BCUT2D eigenvalue weighted by molar-refractivity contribution is 5.74. The molecule has 0 amide bonds. The van der Waals surface area contributed by atoms with Gasteiger partial charge in [-0.15, -0.1) is 0 Å². The molecule has 2 rings (SSSR count). The number of rotatable bonds is 1. The van der Waals surface area contributed by atoms with Crippen molar-refractivity contribution >= 4 is 5.97 Å². The Morgan fingerprint density at radius 3 is 1.77 bits per heavy atom. The van der Waals surface area contributed by atoms with E-state index in [1.807, 2.05) is 0 Å². The van der Waals surface area contributed by atoms with Crippen LogP contribution in [0, 0.1) is 6.92 Å². The van der Waals surface area contributed by atoms with E-state index in [2.05, 4.69) is 76.2 Å². The first-order chi connectivity index (χ1) is 11.4. The molecule has 0 radical (unpaired) electrons. The van der Waals surface area contributed by atoms with E-state index in [0.717, 1.165) is 22.4 Å². The maximum atomic E-state index is 11.9. The van der Waals surface area contributed by atoms with Crippen LogP contribution in [0.3, 0.4) is 0 Å². The second kappa shape index (κ2) is 5.74. The van der Waals surface area contributed by atoms with Crippen LogP contribution in [0.2, 0.25) is 0 Å². The largest absolute Gasteiger partial charge is 0.486 e. The second-order valence-corrected chi connectivity index (χ2v) is 10.7. The highest BCUT2D eigenvalue weighted by atomic mass is 16.5. The summed E-state index contributed by atoms with van der Waals surface area (Å²) in [7, 11) is 0. The third-order valence-electron chi connectivity index (χ3n) is 5.88. The summed E-state index contributed by atoms with van der Waals surface area (Å²) in [6, 6.07) is 0. The van der Waals surface area contributed by atoms with Gasteiger partial charge in [0, 0.05) is 29.0 Å². The quantitative estimate of drug-likeness (QED) is 0.457. The topological polar surface area (TPSA) is 35.5 Å². The fourth-order valence-corrected chi connectivity index (χ4v) is 4.10. The van der Waals surface area contributed by atoms with Gasteiger partial charge in [0.15, 0.2) is 0 Å². The summed E-state index contributed by atoms with van der Waals surface area (Å²) in [4.78, 5) is 11.9. The van der Waals surface area contributed by atoms with Crippen LogP contribution in [0.25, 0.3) is 0 Å². The van der Waals surface area contributed by atoms with E-state index in [-0.39, 0.29) is 27.8 Å². The lowest BCUT2D eigenvalue weighted by molar-refractivity contribution is -0.132. The zero-order chi connectivity index (χ0) is 20.5. The number of esters is 1. The minimum absolute atomic E-state index is 0.129. The van der Waals surface area contributed by atoms with Crippen LogP contribution in [-0.4, -0.2) is 11.6 Å². The standard InChI is InChI=1S/C23H36O3/c1-13-15(20(3,4)5)19-17(22(9,10)23(11,12)26-19)16(21(6,7)8)18(13)25-14(2)24/h1-12H3. The van der Waals surface area contributed by atoms with Crippen molar-refractivity contribution in [1.29, 1.82) is 0 Å². The highest BCUT2D eigenvalue weighted by Gasteiger charge is 2.53. The SMILES string of the molecule is CC(=O)Oc1c(C)c(C(C)(C)C)c2c(c1C(C)(C)C)C(C)(C)C(C)(C)O2. The van der Waals surface area contributed by atoms with Gasteiger partial charge in [-0.1, -0.05) is 55.4 Å². The van der Waals surface area contributed by atoms with Gasteiger partial charge in [0.05, 0.1) is 0 Å². The van der Waals surface area contributed by atoms with Crippen molar-refractivity contribution in [3.8, 4) is 11.5 Å². The molecular formula is C23H36O3. The van der Waals surface area contributed by atoms with Crippen LogP contribution in [-0.2, 0) is 21.0 Å². The third-order valence-corrected chi connectivity index (χ3v) is 5.88. The minimum atomic E-state index is -0.351. The molecule has 0 atom stereocenters. The van der Waals surface area contributed by atoms with Crippen molar-refractivity contribution in [3.05, 3.63) is 22.3 Å². The average molecular weight is 361 g/mol. The Bertz CT molecular complexity index is 753. The number of hydrogen-bond donors (Lipinski definition) is 0. The first-order valence-corrected chi connectivity index (χ1v) is 9.52. The Morgan fingerprint density at radius 1 is 0.923 bits per heavy atom. The van der Waals surface area contributed by atoms with E-state index < -0.39 is 0 Å². The Hall–Kier alpha value is -1.51. The molecule has 0 bridgehead atoms. The molecule has 0 saturated carbocycles. The molecule has 0 unspecified atom stereocenters. The third kappa shape index (κ3) is 3.04. The molecule has 0 N–H and O–H groups in total. The van der Waals surface area contributed by atoms with Crippen LogP contribution in [0.15, 0.2) is 0 Å². The molecule has 3 nitrogen and oxygen atoms in total. The maximum Gasteiger partial charge on any atom is 0.308 e. The van der Waals surface area contributed by atoms with Gasteiger partial charge in [0.2, 0.25) is 0 Å². The predicted octanol–water partition coefficient (Wildman–Crippen LogP) is 5.96. The summed E-state index contributed by atoms with van der Waals surface area (Å²) < 4.78 is 12.4. The van der Waals surface area contributed by atoms with Gasteiger partial charge < -0.3 is 9.47 Å². The van der Waals surface area contributed by atoms with Crippen LogP contribution >= 0.6 is 0 Å². The number of ether oxygens (including phenoxy) is 2. The van der Waals surface area contributed by atoms with E-state index >= 15 is 0 Å². The average Bonchev–Trinajstić information content (AvgIpc) is 2.53. The normalized spacial score (nSPS) is 18.3. The van der Waals surface area contributed by atoms with Gasteiger partial charge in [-0.2, -0.15) is 0 Å². The first-order valence-electron chi connectivity index (χ1n) is 9.52. The van der Waals surface area contributed by atoms with Crippen LogP contribution in [0.5, 0.6) is 11.5 Å². The van der Waals surface area contributed by atoms with Crippen molar-refractivity contribution in [2.45, 2.75) is 105 Å². The fraction of sp³-hybridized carbons (Fsp3) is 0.696. The summed E-state index contributed by atoms with van der Waals surface area (Å²) in [6.07, 6.45) is 0. The number of carbonyl (C=O) groups excluding carboxylic acids is 1. The van der Waals surface area contributed by atoms with E-state index in [4.69, 9.17) is 9.47 Å². The van der Waals surface area contributed by atoms with Gasteiger partial charge in [-0.3, -0.25) is 4.79 Å². The molecule has 0 fully saturated rings. The molecular weight excluding hydrogens is 324 g/mol. The van der Waals surface area contributed by atoms with Gasteiger partial charge in [-0.05, 0) is 37.2 Å². The van der Waals surface area contributed by atoms with Crippen molar-refractivity contribution < 1.29 is 14.3 Å². The number of benzene rings is 1. The molecule has 0 aliphatic carbocycles. The summed E-state index contributed by atoms with van der Waals surface area (Å²) in [5.74, 6) is 1.41. The highest BCUT2D eigenvalue weighted by Crippen LogP contribution is 2.59. The predicted molar refractivity (Wildman–Crippen MR) is 108 cm³/mol. The van der Waals surface area contributed by atoms with Crippen molar-refractivity contribution in [3.63, 3.8) is 0 Å². The molecule has 1 aromatic rings. The molecule has 0 aromatic heterocycles. The monoisotopic (exact) mass is 360 g/mol. The van der Waals surface area contributed by atoms with E-state index in [9.17, 15) is 4.79 Å². The lowest BCUT2D eigenvalue weighted by Crippen LogP contribution is -2.42. The summed E-state index contributed by atoms with van der Waals surface area (Å²) in [6.45, 7) is 25.4. The number of hydrogen-bond acceptors (Lipinski definition) is 3. The summed E-state index contributed by atoms with van der Waals surface area (Å²) in [5, 5.41) is 0. The molecule has 0 saturated heterocycles. The Morgan fingerprint density at radius 2 is 1.38 bits per heavy atom. The Kier molecular flexibility index (Phi) is 4.59. The summed E-state index contributed by atoms with van der Waals surface area (Å²) in [5.41, 5.74) is 3.53. The molecule has 146 valence electrons. The van der Waals surface area contributed by atoms with Crippen molar-refractivity contribution in [1.82, 2.24) is 0 Å². The summed E-state index contributed by atoms with van der Waals surface area (Å²) >= 11 is 0. The Balaban J connectivity index is 3.11. The molecule has 1 aliphatic rings. The maximum absolute atomic E-state index is 11.9. The van der Waals surface area contributed by atoms with Crippen molar-refractivity contribution in [2.75, 3.05) is 0 Å². The number of carbonyl (C=O) groups is 1. The lowest BCUT2D eigenvalue weighted by atomic mass is 9.66.